The van der Waals surface area contributed by atoms with Crippen molar-refractivity contribution in [1.82, 2.24) is 9.80 Å². The lowest BCUT2D eigenvalue weighted by Crippen LogP contribution is -2.60. The highest BCUT2D eigenvalue weighted by atomic mass is 79.9. The number of benzene rings is 1. The molecule has 1 saturated carbocycles. The first-order valence-corrected chi connectivity index (χ1v) is 13.2. The number of carbonyl (C=O) groups is 5. The minimum Gasteiger partial charge on any atom is -0.504 e. The molecule has 2 heterocycles. The van der Waals surface area contributed by atoms with E-state index in [0.29, 0.717) is 10.5 Å². The van der Waals surface area contributed by atoms with Crippen molar-refractivity contribution in [3.05, 3.63) is 35.4 Å². The van der Waals surface area contributed by atoms with Gasteiger partial charge in [-0.25, -0.2) is 4.79 Å². The van der Waals surface area contributed by atoms with E-state index in [0.717, 1.165) is 12.0 Å². The molecule has 6 unspecified atom stereocenters. The number of phenols is 1. The van der Waals surface area contributed by atoms with Crippen LogP contribution in [0.5, 0.6) is 11.5 Å². The molecular formula is C24H21BrCl2N2O8. The van der Waals surface area contributed by atoms with Gasteiger partial charge in [0.05, 0.1) is 31.5 Å². The molecule has 196 valence electrons. The van der Waals surface area contributed by atoms with E-state index in [1.54, 1.807) is 12.1 Å². The van der Waals surface area contributed by atoms with Crippen molar-refractivity contribution in [3.63, 3.8) is 0 Å². The van der Waals surface area contributed by atoms with Crippen LogP contribution in [0, 0.1) is 17.8 Å². The fourth-order valence-electron chi connectivity index (χ4n) is 6.31. The number of ether oxygens (including phenoxy) is 2. The second kappa shape index (κ2) is 8.71. The van der Waals surface area contributed by atoms with Crippen LogP contribution in [-0.4, -0.2) is 74.1 Å². The maximum Gasteiger partial charge on any atom is 0.423 e. The molecule has 0 spiro atoms. The third-order valence-corrected chi connectivity index (χ3v) is 9.85. The average molecular weight is 616 g/mol. The van der Waals surface area contributed by atoms with E-state index >= 15 is 0 Å². The number of imide groups is 4. The van der Waals surface area contributed by atoms with Gasteiger partial charge in [-0.1, -0.05) is 39.7 Å². The molecule has 13 heteroatoms. The second-order valence-corrected chi connectivity index (χ2v) is 11.1. The molecule has 0 radical (unpaired) electrons. The van der Waals surface area contributed by atoms with Crippen molar-refractivity contribution in [2.24, 2.45) is 17.8 Å². The molecule has 37 heavy (non-hydrogen) atoms. The first kappa shape index (κ1) is 26.0. The van der Waals surface area contributed by atoms with Gasteiger partial charge < -0.3 is 14.6 Å². The van der Waals surface area contributed by atoms with E-state index in [4.69, 9.17) is 27.9 Å². The molecule has 5 amide bonds. The molecule has 10 nitrogen and oxygen atoms in total. The maximum absolute atomic E-state index is 13.7. The van der Waals surface area contributed by atoms with Crippen molar-refractivity contribution in [1.29, 1.82) is 0 Å². The fourth-order valence-corrected chi connectivity index (χ4v) is 7.72. The summed E-state index contributed by atoms with van der Waals surface area (Å²) in [6, 6.07) is 4.64. The Morgan fingerprint density at radius 1 is 1.14 bits per heavy atom. The number of phenolic OH excluding ortho intramolecular Hbond substituents is 1. The van der Waals surface area contributed by atoms with Crippen molar-refractivity contribution in [3.8, 4) is 11.5 Å². The zero-order chi connectivity index (χ0) is 27.0. The van der Waals surface area contributed by atoms with E-state index in [-0.39, 0.29) is 35.4 Å². The van der Waals surface area contributed by atoms with Gasteiger partial charge in [-0.05, 0) is 24.8 Å². The van der Waals surface area contributed by atoms with E-state index in [2.05, 4.69) is 20.7 Å². The standard InChI is InChI=1S/C24H21BrCl2N2O8/c1-36-14-5-3-4-12(17(14)30)16-10-6-7-11-15(19(32)29(18(11)31)22(35)37-2)13(10)8-23(26)20(33)28(9-25)21(34)24(16,23)27/h3-6,11,13,15-16,30H,7-9H2,1-2H3. The summed E-state index contributed by atoms with van der Waals surface area (Å²) in [4.78, 5) is 63.2. The number of allylic oxidation sites excluding steroid dienone is 2. The van der Waals surface area contributed by atoms with Crippen LogP contribution in [0.25, 0.3) is 0 Å². The Hall–Kier alpha value is -2.63. The van der Waals surface area contributed by atoms with Crippen LogP contribution in [0.4, 0.5) is 4.79 Å². The first-order chi connectivity index (χ1) is 17.5. The fraction of sp³-hybridized carbons (Fsp3) is 0.458. The summed E-state index contributed by atoms with van der Waals surface area (Å²) in [5.74, 6) is -7.13. The van der Waals surface area contributed by atoms with Gasteiger partial charge in [0.25, 0.3) is 11.8 Å². The highest BCUT2D eigenvalue weighted by Gasteiger charge is 2.76. The number of para-hydroxylation sites is 1. The molecule has 6 atom stereocenters. The van der Waals surface area contributed by atoms with Crippen molar-refractivity contribution >= 4 is 68.9 Å². The van der Waals surface area contributed by atoms with Crippen molar-refractivity contribution in [2.75, 3.05) is 19.7 Å². The zero-order valence-corrected chi connectivity index (χ0v) is 22.7. The van der Waals surface area contributed by atoms with Gasteiger partial charge in [0.2, 0.25) is 11.8 Å². The first-order valence-electron chi connectivity index (χ1n) is 11.3. The van der Waals surface area contributed by atoms with Gasteiger partial charge >= 0.3 is 6.09 Å². The molecule has 4 aliphatic rings. The van der Waals surface area contributed by atoms with Crippen LogP contribution < -0.4 is 4.74 Å². The number of aromatic hydroxyl groups is 1. The number of hydrogen-bond acceptors (Lipinski definition) is 8. The predicted molar refractivity (Wildman–Crippen MR) is 132 cm³/mol. The third-order valence-electron chi connectivity index (χ3n) is 7.93. The lowest BCUT2D eigenvalue weighted by molar-refractivity contribution is -0.140. The lowest BCUT2D eigenvalue weighted by atomic mass is 9.56. The van der Waals surface area contributed by atoms with Gasteiger partial charge in [-0.3, -0.25) is 24.1 Å². The number of methoxy groups -OCH3 is 2. The van der Waals surface area contributed by atoms with Crippen molar-refractivity contribution in [2.45, 2.75) is 28.5 Å². The number of carbonyl (C=O) groups excluding carboxylic acids is 5. The number of amides is 5. The van der Waals surface area contributed by atoms with Gasteiger partial charge in [-0.2, -0.15) is 4.90 Å². The summed E-state index contributed by atoms with van der Waals surface area (Å²) in [7, 11) is 2.42. The summed E-state index contributed by atoms with van der Waals surface area (Å²) in [6.45, 7) is 0. The number of hydrogen-bond donors (Lipinski definition) is 1. The predicted octanol–water partition coefficient (Wildman–Crippen LogP) is 2.88. The Balaban J connectivity index is 1.74. The van der Waals surface area contributed by atoms with Gasteiger partial charge in [0, 0.05) is 11.5 Å². The molecule has 2 aliphatic carbocycles. The van der Waals surface area contributed by atoms with Crippen LogP contribution in [0.2, 0.25) is 0 Å². The molecule has 1 aromatic carbocycles. The van der Waals surface area contributed by atoms with Crippen LogP contribution in [-0.2, 0) is 23.9 Å². The normalized spacial score (nSPS) is 34.7. The Morgan fingerprint density at radius 2 is 1.84 bits per heavy atom. The molecule has 1 aromatic rings. The molecule has 0 bridgehead atoms. The summed E-state index contributed by atoms with van der Waals surface area (Å²) in [6.07, 6.45) is 0.418. The van der Waals surface area contributed by atoms with E-state index < -0.39 is 63.1 Å². The molecular weight excluding hydrogens is 595 g/mol. The van der Waals surface area contributed by atoms with E-state index in [1.807, 2.05) is 0 Å². The highest BCUT2D eigenvalue weighted by molar-refractivity contribution is 9.09. The number of alkyl halides is 3. The minimum atomic E-state index is -2.06. The van der Waals surface area contributed by atoms with Crippen LogP contribution in [0.1, 0.15) is 24.3 Å². The quantitative estimate of drug-likeness (QED) is 0.238. The summed E-state index contributed by atoms with van der Waals surface area (Å²) < 4.78 is 9.89. The molecule has 1 N–H and O–H groups in total. The van der Waals surface area contributed by atoms with Gasteiger partial charge in [0.1, 0.15) is 0 Å². The smallest absolute Gasteiger partial charge is 0.423 e. The molecule has 2 aliphatic heterocycles. The second-order valence-electron chi connectivity index (χ2n) is 9.37. The van der Waals surface area contributed by atoms with Crippen molar-refractivity contribution < 1.29 is 38.6 Å². The van der Waals surface area contributed by atoms with Crippen LogP contribution in [0.3, 0.4) is 0 Å². The monoisotopic (exact) mass is 614 g/mol. The SMILES string of the molecule is COC(=O)N1C(=O)C2CC=C3C(CC4(Cl)C(=O)N(CBr)C(=O)C4(Cl)C3c3cccc(OC)c3O)C2C1=O. The van der Waals surface area contributed by atoms with Gasteiger partial charge in [0.15, 0.2) is 21.2 Å². The van der Waals surface area contributed by atoms with Gasteiger partial charge in [-0.15, -0.1) is 23.2 Å². The molecule has 0 aromatic heterocycles. The largest absolute Gasteiger partial charge is 0.504 e. The summed E-state index contributed by atoms with van der Waals surface area (Å²) >= 11 is 17.3. The molecule has 2 saturated heterocycles. The van der Waals surface area contributed by atoms with Crippen LogP contribution in [0.15, 0.2) is 29.8 Å². The Labute approximate surface area is 229 Å². The Kier molecular flexibility index (Phi) is 6.12. The third kappa shape index (κ3) is 3.13. The Morgan fingerprint density at radius 3 is 2.46 bits per heavy atom. The number of likely N-dealkylation sites (tertiary alicyclic amines) is 2. The molecule has 3 fully saturated rings. The average Bonchev–Trinajstić information content (AvgIpc) is 3.22. The molecule has 5 rings (SSSR count). The highest BCUT2D eigenvalue weighted by Crippen LogP contribution is 2.66. The summed E-state index contributed by atoms with van der Waals surface area (Å²) in [5.41, 5.74) is 0.475. The number of nitrogens with zero attached hydrogens (tertiary/aromatic N) is 2. The number of halogens is 3. The lowest BCUT2D eigenvalue weighted by Gasteiger charge is -2.50. The number of fused-ring (bicyclic) bond motifs is 4. The zero-order valence-electron chi connectivity index (χ0n) is 19.6. The minimum absolute atomic E-state index is 0.0718. The summed E-state index contributed by atoms with van der Waals surface area (Å²) in [5, 5.41) is 11.1. The Bertz CT molecular complexity index is 1300. The topological polar surface area (TPSA) is 131 Å². The van der Waals surface area contributed by atoms with Crippen LogP contribution >= 0.6 is 39.1 Å². The van der Waals surface area contributed by atoms with E-state index in [1.165, 1.54) is 19.2 Å². The maximum atomic E-state index is 13.7. The number of rotatable bonds is 3. The van der Waals surface area contributed by atoms with E-state index in [9.17, 15) is 29.1 Å².